The molecule has 5 aliphatic rings. The van der Waals surface area contributed by atoms with Gasteiger partial charge in [-0.05, 0) is 186 Å². The maximum atomic E-state index is 4.96. The average molecular weight is 1090 g/mol. The number of hydrogen-bond donors (Lipinski definition) is 0. The molecule has 0 aromatic heterocycles. The van der Waals surface area contributed by atoms with Crippen molar-refractivity contribution >= 4 is 44.3 Å². The molecule has 0 N–H and O–H groups in total. The van der Waals surface area contributed by atoms with Crippen LogP contribution in [0.3, 0.4) is 0 Å². The summed E-state index contributed by atoms with van der Waals surface area (Å²) < 4.78 is 2.52. The summed E-state index contributed by atoms with van der Waals surface area (Å²) in [5, 5.41) is 5.51. The lowest BCUT2D eigenvalue weighted by molar-refractivity contribution is -0.401. The van der Waals surface area contributed by atoms with E-state index in [4.69, 9.17) is 6.58 Å². The first-order valence-electron chi connectivity index (χ1n) is 31.2. The van der Waals surface area contributed by atoms with Crippen LogP contribution in [0.2, 0.25) is 0 Å². The largest absolute Gasteiger partial charge is 0.347 e. The Hall–Kier alpha value is -7.75. The molecule has 418 valence electrons. The minimum absolute atomic E-state index is 0.0190. The number of anilines is 2. The highest BCUT2D eigenvalue weighted by Crippen LogP contribution is 2.58. The zero-order valence-electron chi connectivity index (χ0n) is 50.7. The fraction of sp³-hybridized carbons (Fsp3) is 0.312. The molecule has 3 aliphatic heterocycles. The third-order valence-corrected chi connectivity index (χ3v) is 21.2. The predicted molar refractivity (Wildman–Crippen MR) is 354 cm³/mol. The fourth-order valence-electron chi connectivity index (χ4n) is 16.8. The number of benzene rings is 8. The average Bonchev–Trinajstić information content (AvgIpc) is 1.92. The van der Waals surface area contributed by atoms with Crippen molar-refractivity contribution in [2.75, 3.05) is 30.9 Å². The summed E-state index contributed by atoms with van der Waals surface area (Å²) in [6, 6.07) is 59.7. The molecule has 2 saturated carbocycles. The fourth-order valence-corrected chi connectivity index (χ4v) is 16.8. The maximum absolute atomic E-state index is 4.96. The first kappa shape index (κ1) is 54.5. The van der Waals surface area contributed by atoms with Gasteiger partial charge in [-0.3, -0.25) is 0 Å². The molecule has 2 aliphatic carbocycles. The summed E-state index contributed by atoms with van der Waals surface area (Å²) in [5.74, 6) is 0. The van der Waals surface area contributed by atoms with E-state index in [1.807, 2.05) is 0 Å². The zero-order valence-corrected chi connectivity index (χ0v) is 50.7. The molecule has 0 amide bonds. The molecule has 2 fully saturated rings. The molecular formula is C80H84N3+. The van der Waals surface area contributed by atoms with Crippen molar-refractivity contribution in [3.8, 4) is 0 Å². The molecule has 3 heterocycles. The van der Waals surface area contributed by atoms with E-state index < -0.39 is 0 Å². The molecule has 2 unspecified atom stereocenters. The van der Waals surface area contributed by atoms with Crippen LogP contribution in [0.5, 0.6) is 0 Å². The highest BCUT2D eigenvalue weighted by atomic mass is 15.2. The highest BCUT2D eigenvalue weighted by molar-refractivity contribution is 6.08. The molecule has 0 radical (unpaired) electrons. The second-order valence-corrected chi connectivity index (χ2v) is 26.1. The molecular weight excluding hydrogens is 1000 g/mol. The molecule has 8 aromatic rings. The van der Waals surface area contributed by atoms with Crippen LogP contribution in [0, 0.1) is 20.8 Å². The second-order valence-electron chi connectivity index (χ2n) is 26.1. The highest BCUT2D eigenvalue weighted by Gasteiger charge is 2.52. The van der Waals surface area contributed by atoms with Crippen molar-refractivity contribution in [1.82, 2.24) is 0 Å². The standard InChI is InChI=1S/C80H84N3/c1-55-49-67(77(5,53-59-29-14-10-15-30-59)58(4)28-26-38-73-79(44-22-12-23-45-79)75-65-35-20-18-33-61(65)40-42-69(75)81(73)7)57(3)48-63(55)51-64-52-71-68(50-56(64)2)78(6,54-60-31-16-11-17-32-60)72(83(71)9)37-27-39-74-80(46-24-13-25-47-80)76-66-36-21-19-34-62(66)41-43-70(76)82(74)8/h10-11,14-21,26-43,48-50,52H,4,12-13,22-25,44-47,51,53-54H2,1-3,5-9H3/q+1/b28-26+,73-38+. The van der Waals surface area contributed by atoms with E-state index in [-0.39, 0.29) is 21.7 Å². The van der Waals surface area contributed by atoms with Gasteiger partial charge in [0.05, 0.1) is 5.41 Å². The third-order valence-electron chi connectivity index (χ3n) is 21.2. The van der Waals surface area contributed by atoms with Gasteiger partial charge in [-0.25, -0.2) is 0 Å². The monoisotopic (exact) mass is 1090 g/mol. The lowest BCUT2D eigenvalue weighted by Crippen LogP contribution is -2.36. The molecule has 8 aromatic carbocycles. The van der Waals surface area contributed by atoms with Crippen molar-refractivity contribution in [3.05, 3.63) is 279 Å². The van der Waals surface area contributed by atoms with E-state index in [1.54, 1.807) is 5.56 Å². The maximum Gasteiger partial charge on any atom is 0.210 e. The van der Waals surface area contributed by atoms with Crippen molar-refractivity contribution in [1.29, 1.82) is 0 Å². The Kier molecular flexibility index (Phi) is 14.1. The van der Waals surface area contributed by atoms with Crippen LogP contribution in [-0.2, 0) is 40.9 Å². The lowest BCUT2D eigenvalue weighted by Gasteiger charge is -2.37. The minimum Gasteiger partial charge on any atom is -0.347 e. The van der Waals surface area contributed by atoms with Gasteiger partial charge < -0.3 is 9.80 Å². The smallest absolute Gasteiger partial charge is 0.210 e. The Morgan fingerprint density at radius 2 is 1.14 bits per heavy atom. The number of hydrogen-bond acceptors (Lipinski definition) is 2. The van der Waals surface area contributed by atoms with Gasteiger partial charge >= 0.3 is 0 Å². The lowest BCUT2D eigenvalue weighted by atomic mass is 9.66. The Labute approximate surface area is 495 Å². The van der Waals surface area contributed by atoms with Crippen LogP contribution >= 0.6 is 0 Å². The topological polar surface area (TPSA) is 9.49 Å². The number of rotatable bonds is 12. The van der Waals surface area contributed by atoms with Gasteiger partial charge in [-0.2, -0.15) is 4.58 Å². The normalized spacial score (nSPS) is 20.7. The summed E-state index contributed by atoms with van der Waals surface area (Å²) in [6.07, 6.45) is 29.5. The Morgan fingerprint density at radius 3 is 1.83 bits per heavy atom. The van der Waals surface area contributed by atoms with E-state index in [1.165, 1.54) is 176 Å². The Morgan fingerprint density at radius 1 is 0.578 bits per heavy atom. The van der Waals surface area contributed by atoms with Gasteiger partial charge in [0, 0.05) is 70.8 Å². The van der Waals surface area contributed by atoms with E-state index >= 15 is 0 Å². The van der Waals surface area contributed by atoms with Crippen molar-refractivity contribution < 1.29 is 4.58 Å². The summed E-state index contributed by atoms with van der Waals surface area (Å²) in [6.45, 7) is 16.9. The van der Waals surface area contributed by atoms with E-state index in [0.29, 0.717) is 0 Å². The van der Waals surface area contributed by atoms with E-state index in [2.05, 4.69) is 264 Å². The number of fused-ring (bicyclic) bond motifs is 9. The van der Waals surface area contributed by atoms with Gasteiger partial charge in [0.15, 0.2) is 5.71 Å². The molecule has 0 saturated heterocycles. The number of nitrogens with zero attached hydrogens (tertiary/aromatic N) is 3. The quantitative estimate of drug-likeness (QED) is 0.0891. The third kappa shape index (κ3) is 9.11. The predicted octanol–water partition coefficient (Wildman–Crippen LogP) is 19.4. The van der Waals surface area contributed by atoms with Gasteiger partial charge in [-0.15, -0.1) is 0 Å². The van der Waals surface area contributed by atoms with Crippen LogP contribution in [-0.4, -0.2) is 31.4 Å². The number of aryl methyl sites for hydroxylation is 3. The number of likely N-dealkylation sites (N-methyl/N-ethyl adjacent to an activating group) is 2. The Bertz CT molecular complexity index is 4020. The van der Waals surface area contributed by atoms with Crippen molar-refractivity contribution in [3.63, 3.8) is 0 Å². The summed E-state index contributed by atoms with van der Waals surface area (Å²) in [7, 11) is 6.90. The zero-order chi connectivity index (χ0) is 57.3. The molecule has 2 atom stereocenters. The first-order valence-corrected chi connectivity index (χ1v) is 31.2. The van der Waals surface area contributed by atoms with Crippen LogP contribution in [0.4, 0.5) is 17.1 Å². The Balaban J connectivity index is 0.822. The van der Waals surface area contributed by atoms with Crippen LogP contribution in [0.25, 0.3) is 21.5 Å². The molecule has 13 rings (SSSR count). The van der Waals surface area contributed by atoms with Crippen LogP contribution in [0.1, 0.15) is 139 Å². The molecule has 83 heavy (non-hydrogen) atoms. The molecule has 3 heteroatoms. The minimum atomic E-state index is -0.347. The first-order chi connectivity index (χ1) is 40.2. The van der Waals surface area contributed by atoms with Gasteiger partial charge in [0.2, 0.25) is 5.69 Å². The number of allylic oxidation sites excluding steroid dienone is 9. The van der Waals surface area contributed by atoms with Crippen molar-refractivity contribution in [2.24, 2.45) is 0 Å². The van der Waals surface area contributed by atoms with Crippen molar-refractivity contribution in [2.45, 2.75) is 140 Å². The SMILES string of the molecule is C=C(/C=C/C=C1/N(C)c2ccc3ccccc3c2C12CCCCC2)C(C)(Cc1ccccc1)c1cc(C)c(Cc2cc3c(cc2C)C(C)(Cc2ccccc2)C(=CC=CC2=[N+](C)c4ccc5ccccc5c4C24CCCCC4)N3C)cc1C. The van der Waals surface area contributed by atoms with Gasteiger partial charge in [0.1, 0.15) is 7.05 Å². The molecule has 2 spiro atoms. The van der Waals surface area contributed by atoms with E-state index in [9.17, 15) is 0 Å². The van der Waals surface area contributed by atoms with Crippen LogP contribution in [0.15, 0.2) is 218 Å². The molecule has 3 nitrogen and oxygen atoms in total. The summed E-state index contributed by atoms with van der Waals surface area (Å²) >= 11 is 0. The molecule has 0 bridgehead atoms. The van der Waals surface area contributed by atoms with Gasteiger partial charge in [0.25, 0.3) is 0 Å². The summed E-state index contributed by atoms with van der Waals surface area (Å²) in [5.41, 5.74) is 24.1. The second kappa shape index (κ2) is 21.5. The van der Waals surface area contributed by atoms with E-state index in [0.717, 1.165) is 24.8 Å². The van der Waals surface area contributed by atoms with Crippen LogP contribution < -0.4 is 9.80 Å². The van der Waals surface area contributed by atoms with Gasteiger partial charge in [-0.1, -0.05) is 204 Å². The summed E-state index contributed by atoms with van der Waals surface area (Å²) in [4.78, 5) is 5.01.